The average Bonchev–Trinajstić information content (AvgIpc) is 3.29. The fourth-order valence-corrected chi connectivity index (χ4v) is 4.60. The smallest absolute Gasteiger partial charge is 0.407 e. The van der Waals surface area contributed by atoms with Crippen LogP contribution >= 0.6 is 11.6 Å². The molecule has 4 rings (SSSR count). The van der Waals surface area contributed by atoms with Crippen molar-refractivity contribution in [3.8, 4) is 0 Å². The lowest BCUT2D eigenvalue weighted by atomic mass is 9.92. The number of carbonyl (C=O) groups is 2. The standard InChI is InChI=1S/C18H21ClN2O3/c19-12-3-1-11(2-4-12)18(7-8-18)16(22)20-13-9-14-5-6-15(10-13)21(14)17(23)24/h1-4,13-15H,5-10H2,(H,20,22)(H,23,24). The molecular formula is C18H21ClN2O3. The van der Waals surface area contributed by atoms with Gasteiger partial charge in [0.1, 0.15) is 0 Å². The fraction of sp³-hybridized carbons (Fsp3) is 0.556. The van der Waals surface area contributed by atoms with Crippen LogP contribution in [0.25, 0.3) is 0 Å². The Morgan fingerprint density at radius 3 is 2.21 bits per heavy atom. The van der Waals surface area contributed by atoms with Gasteiger partial charge in [0.25, 0.3) is 0 Å². The van der Waals surface area contributed by atoms with Crippen molar-refractivity contribution in [1.82, 2.24) is 10.2 Å². The van der Waals surface area contributed by atoms with Crippen LogP contribution in [0.3, 0.4) is 0 Å². The number of piperidine rings is 1. The molecule has 2 bridgehead atoms. The first-order valence-electron chi connectivity index (χ1n) is 8.58. The lowest BCUT2D eigenvalue weighted by Gasteiger charge is -2.37. The molecule has 2 amide bonds. The molecule has 24 heavy (non-hydrogen) atoms. The molecule has 2 atom stereocenters. The summed E-state index contributed by atoms with van der Waals surface area (Å²) in [6.45, 7) is 0. The maximum Gasteiger partial charge on any atom is 0.407 e. The third kappa shape index (κ3) is 2.55. The molecule has 2 unspecified atom stereocenters. The molecule has 1 aromatic carbocycles. The Kier molecular flexibility index (Phi) is 3.71. The van der Waals surface area contributed by atoms with E-state index in [2.05, 4.69) is 5.32 Å². The van der Waals surface area contributed by atoms with Gasteiger partial charge in [0.05, 0.1) is 5.41 Å². The predicted octanol–water partition coefficient (Wildman–Crippen LogP) is 3.16. The van der Waals surface area contributed by atoms with Gasteiger partial charge in [-0.05, 0) is 56.2 Å². The first-order valence-corrected chi connectivity index (χ1v) is 8.96. The highest BCUT2D eigenvalue weighted by Crippen LogP contribution is 2.49. The molecule has 6 heteroatoms. The molecule has 2 heterocycles. The van der Waals surface area contributed by atoms with Crippen LogP contribution in [0.1, 0.15) is 44.1 Å². The summed E-state index contributed by atoms with van der Waals surface area (Å²) in [5, 5.41) is 13.2. The van der Waals surface area contributed by atoms with Crippen LogP contribution in [0.5, 0.6) is 0 Å². The molecule has 1 aromatic rings. The number of carboxylic acid groups (broad SMARTS) is 1. The van der Waals surface area contributed by atoms with Crippen molar-refractivity contribution in [2.75, 3.05) is 0 Å². The van der Waals surface area contributed by atoms with Crippen molar-refractivity contribution in [3.63, 3.8) is 0 Å². The Balaban J connectivity index is 1.44. The normalized spacial score (nSPS) is 30.0. The number of amides is 2. The second-order valence-electron chi connectivity index (χ2n) is 7.31. The maximum atomic E-state index is 12.9. The van der Waals surface area contributed by atoms with Gasteiger partial charge in [-0.3, -0.25) is 4.79 Å². The van der Waals surface area contributed by atoms with Gasteiger partial charge in [0.15, 0.2) is 0 Å². The lowest BCUT2D eigenvalue weighted by molar-refractivity contribution is -0.124. The summed E-state index contributed by atoms with van der Waals surface area (Å²) in [7, 11) is 0. The van der Waals surface area contributed by atoms with E-state index in [9.17, 15) is 14.7 Å². The zero-order valence-corrected chi connectivity index (χ0v) is 14.1. The third-order valence-corrected chi connectivity index (χ3v) is 6.12. The van der Waals surface area contributed by atoms with Gasteiger partial charge in [-0.1, -0.05) is 23.7 Å². The van der Waals surface area contributed by atoms with Crippen molar-refractivity contribution >= 4 is 23.6 Å². The molecule has 2 aliphatic heterocycles. The molecule has 3 aliphatic rings. The van der Waals surface area contributed by atoms with Crippen molar-refractivity contribution in [3.05, 3.63) is 34.9 Å². The maximum absolute atomic E-state index is 12.9. The first kappa shape index (κ1) is 15.8. The van der Waals surface area contributed by atoms with Gasteiger partial charge >= 0.3 is 6.09 Å². The second-order valence-corrected chi connectivity index (χ2v) is 7.74. The number of benzene rings is 1. The SMILES string of the molecule is O=C(O)N1C2CCC1CC(NC(=O)C1(c3ccc(Cl)cc3)CC1)C2. The molecule has 0 radical (unpaired) electrons. The summed E-state index contributed by atoms with van der Waals surface area (Å²) in [5.41, 5.74) is 0.614. The zero-order chi connectivity index (χ0) is 16.9. The Morgan fingerprint density at radius 1 is 1.12 bits per heavy atom. The number of rotatable bonds is 3. The number of fused-ring (bicyclic) bond motifs is 2. The minimum Gasteiger partial charge on any atom is -0.465 e. The number of hydrogen-bond donors (Lipinski definition) is 2. The summed E-state index contributed by atoms with van der Waals surface area (Å²) < 4.78 is 0. The summed E-state index contributed by atoms with van der Waals surface area (Å²) in [4.78, 5) is 25.8. The molecular weight excluding hydrogens is 328 g/mol. The van der Waals surface area contributed by atoms with Crippen LogP contribution in [-0.2, 0) is 10.2 Å². The molecule has 1 saturated carbocycles. The third-order valence-electron chi connectivity index (χ3n) is 5.87. The molecule has 2 N–H and O–H groups in total. The van der Waals surface area contributed by atoms with E-state index in [-0.39, 0.29) is 24.0 Å². The van der Waals surface area contributed by atoms with Crippen LogP contribution < -0.4 is 5.32 Å². The zero-order valence-electron chi connectivity index (χ0n) is 13.4. The summed E-state index contributed by atoms with van der Waals surface area (Å²) >= 11 is 5.94. The van der Waals surface area contributed by atoms with E-state index >= 15 is 0 Å². The number of nitrogens with one attached hydrogen (secondary N) is 1. The van der Waals surface area contributed by atoms with Gasteiger partial charge in [-0.25, -0.2) is 4.79 Å². The Bertz CT molecular complexity index is 657. The molecule has 128 valence electrons. The van der Waals surface area contributed by atoms with E-state index in [1.807, 2.05) is 24.3 Å². The van der Waals surface area contributed by atoms with E-state index in [1.165, 1.54) is 0 Å². The summed E-state index contributed by atoms with van der Waals surface area (Å²) in [6.07, 6.45) is 4.17. The van der Waals surface area contributed by atoms with Crippen LogP contribution in [0, 0.1) is 0 Å². The second kappa shape index (κ2) is 5.66. The molecule has 0 spiro atoms. The van der Waals surface area contributed by atoms with E-state index in [1.54, 1.807) is 4.90 Å². The van der Waals surface area contributed by atoms with E-state index in [0.29, 0.717) is 5.02 Å². The Morgan fingerprint density at radius 2 is 1.71 bits per heavy atom. The lowest BCUT2D eigenvalue weighted by Crippen LogP contribution is -2.53. The van der Waals surface area contributed by atoms with Gasteiger partial charge in [0.2, 0.25) is 5.91 Å². The summed E-state index contributed by atoms with van der Waals surface area (Å²) in [5.74, 6) is 0.0815. The van der Waals surface area contributed by atoms with Gasteiger partial charge in [-0.2, -0.15) is 0 Å². The largest absolute Gasteiger partial charge is 0.465 e. The number of carbonyl (C=O) groups excluding carboxylic acids is 1. The minimum absolute atomic E-state index is 0.0530. The fourth-order valence-electron chi connectivity index (χ4n) is 4.47. The molecule has 3 fully saturated rings. The van der Waals surface area contributed by atoms with Crippen LogP contribution in [0.4, 0.5) is 4.79 Å². The Labute approximate surface area is 146 Å². The quantitative estimate of drug-likeness (QED) is 0.881. The number of halogens is 1. The highest BCUT2D eigenvalue weighted by molar-refractivity contribution is 6.30. The molecule has 0 aromatic heterocycles. The first-order chi connectivity index (χ1) is 11.5. The van der Waals surface area contributed by atoms with Crippen LogP contribution in [-0.4, -0.2) is 40.1 Å². The van der Waals surface area contributed by atoms with Gasteiger partial charge < -0.3 is 15.3 Å². The minimum atomic E-state index is -0.827. The monoisotopic (exact) mass is 348 g/mol. The van der Waals surface area contributed by atoms with Crippen molar-refractivity contribution in [1.29, 1.82) is 0 Å². The van der Waals surface area contributed by atoms with Crippen molar-refractivity contribution in [2.45, 2.75) is 62.1 Å². The van der Waals surface area contributed by atoms with E-state index in [0.717, 1.165) is 44.1 Å². The molecule has 5 nitrogen and oxygen atoms in total. The topological polar surface area (TPSA) is 69.6 Å². The predicted molar refractivity (Wildman–Crippen MR) is 90.2 cm³/mol. The average molecular weight is 349 g/mol. The number of nitrogens with zero attached hydrogens (tertiary/aromatic N) is 1. The van der Waals surface area contributed by atoms with Crippen LogP contribution in [0.15, 0.2) is 24.3 Å². The van der Waals surface area contributed by atoms with Gasteiger partial charge in [0, 0.05) is 23.1 Å². The van der Waals surface area contributed by atoms with E-state index in [4.69, 9.17) is 11.6 Å². The van der Waals surface area contributed by atoms with Crippen LogP contribution in [0.2, 0.25) is 5.02 Å². The highest BCUT2D eigenvalue weighted by atomic mass is 35.5. The Hall–Kier alpha value is -1.75. The van der Waals surface area contributed by atoms with Crippen molar-refractivity contribution < 1.29 is 14.7 Å². The van der Waals surface area contributed by atoms with Gasteiger partial charge in [-0.15, -0.1) is 0 Å². The highest BCUT2D eigenvalue weighted by Gasteiger charge is 2.52. The molecule has 1 aliphatic carbocycles. The summed E-state index contributed by atoms with van der Waals surface area (Å²) in [6, 6.07) is 7.72. The number of hydrogen-bond acceptors (Lipinski definition) is 2. The van der Waals surface area contributed by atoms with Crippen molar-refractivity contribution in [2.24, 2.45) is 0 Å². The van der Waals surface area contributed by atoms with E-state index < -0.39 is 11.5 Å². The molecule has 2 saturated heterocycles.